The average Bonchev–Trinajstić information content (AvgIpc) is 3.56. The van der Waals surface area contributed by atoms with Crippen LogP contribution in [0.5, 0.6) is 0 Å². The van der Waals surface area contributed by atoms with Gasteiger partial charge in [-0.1, -0.05) is 57.3 Å². The van der Waals surface area contributed by atoms with Crippen molar-refractivity contribution in [3.8, 4) is 0 Å². The first-order chi connectivity index (χ1) is 16.4. The molecule has 1 aromatic heterocycles. The second kappa shape index (κ2) is 8.98. The molecule has 1 aliphatic carbocycles. The van der Waals surface area contributed by atoms with Crippen molar-refractivity contribution in [2.45, 2.75) is 25.1 Å². The number of rotatable bonds is 7. The Balaban J connectivity index is 1.66. The fraction of sp³-hybridized carbons (Fsp3) is 0.269. The van der Waals surface area contributed by atoms with Crippen molar-refractivity contribution in [1.82, 2.24) is 9.88 Å². The van der Waals surface area contributed by atoms with E-state index in [0.717, 1.165) is 28.4 Å². The third kappa shape index (κ3) is 4.12. The van der Waals surface area contributed by atoms with Crippen LogP contribution < -0.4 is 0 Å². The first-order valence-corrected chi connectivity index (χ1v) is 12.4. The largest absolute Gasteiger partial charge is 0.346 e. The molecule has 2 aliphatic rings. The van der Waals surface area contributed by atoms with E-state index in [0.29, 0.717) is 34.5 Å². The monoisotopic (exact) mass is 555 g/mol. The molecule has 5 rings (SSSR count). The van der Waals surface area contributed by atoms with E-state index in [2.05, 4.69) is 25.8 Å². The standard InChI is InChI=1S/C26H20BrCl2N3O2/c1-30-15-25(10-11-25)16-34-26(17-2-5-19(28)6-3-17)23-9-4-18(27)12-22(23)24(33)32(26)14-21-8-7-20(29)13-31-21/h2-9,12-13H,10-11,14-16H2. The summed E-state index contributed by atoms with van der Waals surface area (Å²) in [6.07, 6.45) is 3.44. The van der Waals surface area contributed by atoms with Crippen molar-refractivity contribution < 1.29 is 9.53 Å². The van der Waals surface area contributed by atoms with Crippen molar-refractivity contribution in [3.63, 3.8) is 0 Å². The quantitative estimate of drug-likeness (QED) is 0.303. The van der Waals surface area contributed by atoms with E-state index in [1.165, 1.54) is 0 Å². The highest BCUT2D eigenvalue weighted by molar-refractivity contribution is 9.10. The van der Waals surface area contributed by atoms with Gasteiger partial charge >= 0.3 is 0 Å². The number of ether oxygens (including phenoxy) is 1. The molecule has 0 spiro atoms. The van der Waals surface area contributed by atoms with Crippen LogP contribution in [0.4, 0.5) is 0 Å². The molecule has 1 atom stereocenters. The highest BCUT2D eigenvalue weighted by Gasteiger charge is 2.55. The Morgan fingerprint density at radius 3 is 2.47 bits per heavy atom. The van der Waals surface area contributed by atoms with Crippen molar-refractivity contribution in [2.75, 3.05) is 13.2 Å². The number of fused-ring (bicyclic) bond motifs is 1. The predicted molar refractivity (Wildman–Crippen MR) is 135 cm³/mol. The lowest BCUT2D eigenvalue weighted by Gasteiger charge is -2.40. The van der Waals surface area contributed by atoms with Crippen LogP contribution in [0.15, 0.2) is 65.3 Å². The highest BCUT2D eigenvalue weighted by Crippen LogP contribution is 2.52. The second-order valence-electron chi connectivity index (χ2n) is 8.80. The minimum Gasteiger partial charge on any atom is -0.346 e. The first kappa shape index (κ1) is 23.3. The number of hydrogen-bond donors (Lipinski definition) is 0. The molecule has 8 heteroatoms. The molecule has 34 heavy (non-hydrogen) atoms. The minimum absolute atomic E-state index is 0.155. The summed E-state index contributed by atoms with van der Waals surface area (Å²) in [6.45, 7) is 8.36. The zero-order valence-corrected chi connectivity index (χ0v) is 21.2. The van der Waals surface area contributed by atoms with Gasteiger partial charge in [0, 0.05) is 32.4 Å². The summed E-state index contributed by atoms with van der Waals surface area (Å²) in [5, 5.41) is 1.12. The van der Waals surface area contributed by atoms with Crippen LogP contribution in [-0.4, -0.2) is 28.9 Å². The second-order valence-corrected chi connectivity index (χ2v) is 10.6. The molecule has 172 valence electrons. The Kier molecular flexibility index (Phi) is 6.16. The molecular weight excluding hydrogens is 537 g/mol. The average molecular weight is 557 g/mol. The summed E-state index contributed by atoms with van der Waals surface area (Å²) in [4.78, 5) is 23.6. The van der Waals surface area contributed by atoms with Gasteiger partial charge in [0.1, 0.15) is 0 Å². The summed E-state index contributed by atoms with van der Waals surface area (Å²) < 4.78 is 7.60. The van der Waals surface area contributed by atoms with Crippen LogP contribution in [0.1, 0.15) is 40.0 Å². The van der Waals surface area contributed by atoms with E-state index in [9.17, 15) is 4.79 Å². The van der Waals surface area contributed by atoms with Crippen LogP contribution >= 0.6 is 39.1 Å². The van der Waals surface area contributed by atoms with Crippen LogP contribution in [0, 0.1) is 12.0 Å². The summed E-state index contributed by atoms with van der Waals surface area (Å²) >= 11 is 15.8. The van der Waals surface area contributed by atoms with E-state index >= 15 is 0 Å². The van der Waals surface area contributed by atoms with Crippen LogP contribution in [0.3, 0.4) is 0 Å². The molecule has 1 amide bonds. The molecule has 0 bridgehead atoms. The molecule has 0 N–H and O–H groups in total. The van der Waals surface area contributed by atoms with Gasteiger partial charge < -0.3 is 9.58 Å². The molecule has 5 nitrogen and oxygen atoms in total. The molecular formula is C26H20BrCl2N3O2. The van der Waals surface area contributed by atoms with Crippen molar-refractivity contribution in [3.05, 3.63) is 109 Å². The lowest BCUT2D eigenvalue weighted by Crippen LogP contribution is -2.47. The Hall–Kier alpha value is -2.43. The maximum absolute atomic E-state index is 13.8. The lowest BCUT2D eigenvalue weighted by atomic mass is 9.93. The van der Waals surface area contributed by atoms with E-state index in [4.69, 9.17) is 34.5 Å². The van der Waals surface area contributed by atoms with Crippen molar-refractivity contribution in [2.24, 2.45) is 5.41 Å². The van der Waals surface area contributed by atoms with Crippen molar-refractivity contribution >= 4 is 45.0 Å². The van der Waals surface area contributed by atoms with E-state index < -0.39 is 5.72 Å². The number of pyridine rings is 1. The number of carbonyl (C=O) groups is 1. The van der Waals surface area contributed by atoms with Gasteiger partial charge in [0.25, 0.3) is 5.91 Å². The van der Waals surface area contributed by atoms with Gasteiger partial charge in [-0.2, -0.15) is 0 Å². The van der Waals surface area contributed by atoms with Gasteiger partial charge in [0.15, 0.2) is 5.72 Å². The zero-order valence-electron chi connectivity index (χ0n) is 18.1. The Labute approximate surface area is 216 Å². The van der Waals surface area contributed by atoms with E-state index in [1.807, 2.05) is 36.4 Å². The Morgan fingerprint density at radius 2 is 1.82 bits per heavy atom. The SMILES string of the molecule is [C-]#[N+]CC1(COC2(c3ccc(Cl)cc3)c3ccc(Br)cc3C(=O)N2Cc2ccc(Cl)cn2)CC1. The fourth-order valence-electron chi connectivity index (χ4n) is 4.44. The van der Waals surface area contributed by atoms with Crippen molar-refractivity contribution in [1.29, 1.82) is 0 Å². The molecule has 1 fully saturated rings. The van der Waals surface area contributed by atoms with E-state index in [-0.39, 0.29) is 17.9 Å². The third-order valence-corrected chi connectivity index (χ3v) is 7.47. The van der Waals surface area contributed by atoms with Crippen LogP contribution in [0.25, 0.3) is 4.85 Å². The number of amides is 1. The Bertz CT molecular complexity index is 1290. The van der Waals surface area contributed by atoms with Gasteiger partial charge in [-0.3, -0.25) is 14.7 Å². The topological polar surface area (TPSA) is 46.8 Å². The van der Waals surface area contributed by atoms with Gasteiger partial charge in [0.2, 0.25) is 6.54 Å². The summed E-state index contributed by atoms with van der Waals surface area (Å²) in [7, 11) is 0. The number of halogens is 3. The molecule has 0 radical (unpaired) electrons. The molecule has 2 aromatic carbocycles. The molecule has 1 aliphatic heterocycles. The number of nitrogens with zero attached hydrogens (tertiary/aromatic N) is 3. The summed E-state index contributed by atoms with van der Waals surface area (Å²) in [5.74, 6) is -0.155. The maximum atomic E-state index is 13.8. The van der Waals surface area contributed by atoms with Gasteiger partial charge in [-0.15, -0.1) is 0 Å². The van der Waals surface area contributed by atoms with Gasteiger partial charge in [-0.05, 0) is 49.2 Å². The number of aromatic nitrogens is 1. The molecule has 0 saturated heterocycles. The highest BCUT2D eigenvalue weighted by atomic mass is 79.9. The normalized spacial score (nSPS) is 20.2. The number of benzene rings is 2. The summed E-state index contributed by atoms with van der Waals surface area (Å²) in [6, 6.07) is 16.6. The minimum atomic E-state index is -1.18. The lowest BCUT2D eigenvalue weighted by molar-refractivity contribution is -0.124. The molecule has 1 saturated carbocycles. The number of hydrogen-bond acceptors (Lipinski definition) is 3. The predicted octanol–water partition coefficient (Wildman–Crippen LogP) is 6.72. The number of carbonyl (C=O) groups excluding carboxylic acids is 1. The molecule has 3 aromatic rings. The van der Waals surface area contributed by atoms with Gasteiger partial charge in [-0.25, -0.2) is 6.57 Å². The van der Waals surface area contributed by atoms with Crippen LogP contribution in [-0.2, 0) is 17.0 Å². The molecule has 1 unspecified atom stereocenters. The van der Waals surface area contributed by atoms with Gasteiger partial charge in [0.05, 0.1) is 29.3 Å². The van der Waals surface area contributed by atoms with Crippen LogP contribution in [0.2, 0.25) is 10.0 Å². The first-order valence-electron chi connectivity index (χ1n) is 10.8. The zero-order chi connectivity index (χ0) is 23.9. The molecule has 2 heterocycles. The smallest absolute Gasteiger partial charge is 0.257 e. The Morgan fingerprint density at radius 1 is 1.09 bits per heavy atom. The third-order valence-electron chi connectivity index (χ3n) is 6.51. The maximum Gasteiger partial charge on any atom is 0.257 e. The van der Waals surface area contributed by atoms with E-state index in [1.54, 1.807) is 29.3 Å². The fourth-order valence-corrected chi connectivity index (χ4v) is 5.04. The summed E-state index contributed by atoms with van der Waals surface area (Å²) in [5.41, 5.74) is 1.44.